The number of carbonyl (C=O) groups excluding carboxylic acids is 1. The van der Waals surface area contributed by atoms with Crippen LogP contribution in [0.4, 0.5) is 4.79 Å². The van der Waals surface area contributed by atoms with E-state index in [4.69, 9.17) is 4.74 Å². The lowest BCUT2D eigenvalue weighted by atomic mass is 10.2. The second kappa shape index (κ2) is 8.09. The van der Waals surface area contributed by atoms with Crippen LogP contribution < -0.4 is 5.32 Å². The molecule has 0 saturated carbocycles. The summed E-state index contributed by atoms with van der Waals surface area (Å²) in [5.74, 6) is -0.419. The topological polar surface area (TPSA) is 106 Å². The van der Waals surface area contributed by atoms with Crippen molar-refractivity contribution < 1.29 is 19.4 Å². The molecule has 0 saturated heterocycles. The molecule has 0 fully saturated rings. The van der Waals surface area contributed by atoms with Crippen molar-refractivity contribution in [3.8, 4) is 0 Å². The number of aromatic nitrogens is 3. The van der Waals surface area contributed by atoms with Crippen molar-refractivity contribution in [2.24, 2.45) is 0 Å². The Hall–Kier alpha value is -2.90. The maximum absolute atomic E-state index is 11.8. The molecule has 0 radical (unpaired) electrons. The van der Waals surface area contributed by atoms with Crippen LogP contribution >= 0.6 is 0 Å². The maximum Gasteiger partial charge on any atom is 0.408 e. The van der Waals surface area contributed by atoms with Gasteiger partial charge in [-0.3, -0.25) is 0 Å². The molecule has 1 atom stereocenters. The van der Waals surface area contributed by atoms with E-state index in [-0.39, 0.29) is 19.1 Å². The predicted octanol–water partition coefficient (Wildman–Crippen LogP) is 1.78. The van der Waals surface area contributed by atoms with Crippen molar-refractivity contribution in [1.82, 2.24) is 20.1 Å². The summed E-state index contributed by atoms with van der Waals surface area (Å²) >= 11 is 0. The number of hydrogen-bond acceptors (Lipinski definition) is 5. The molecule has 2 aromatic rings. The summed E-state index contributed by atoms with van der Waals surface area (Å²) in [6.45, 7) is 3.91. The summed E-state index contributed by atoms with van der Waals surface area (Å²) in [4.78, 5) is 27.2. The van der Waals surface area contributed by atoms with E-state index in [1.165, 1.54) is 11.0 Å². The number of rotatable bonds is 7. The van der Waals surface area contributed by atoms with Gasteiger partial charge in [-0.25, -0.2) is 19.3 Å². The number of amides is 1. The van der Waals surface area contributed by atoms with E-state index >= 15 is 0 Å². The first-order valence-corrected chi connectivity index (χ1v) is 7.55. The van der Waals surface area contributed by atoms with E-state index in [9.17, 15) is 14.7 Å². The van der Waals surface area contributed by atoms with Crippen LogP contribution in [-0.4, -0.2) is 38.0 Å². The van der Waals surface area contributed by atoms with Gasteiger partial charge in [0.1, 0.15) is 19.0 Å². The molecule has 0 aliphatic heterocycles. The third-order valence-corrected chi connectivity index (χ3v) is 3.24. The van der Waals surface area contributed by atoms with Gasteiger partial charge in [-0.15, -0.1) is 0 Å². The number of carboxylic acid groups (broad SMARTS) is 1. The summed E-state index contributed by atoms with van der Waals surface area (Å²) in [5.41, 5.74) is 0.817. The third kappa shape index (κ3) is 5.08. The molecule has 24 heavy (non-hydrogen) atoms. The zero-order chi connectivity index (χ0) is 17.5. The summed E-state index contributed by atoms with van der Waals surface area (Å²) in [7, 11) is 0. The van der Waals surface area contributed by atoms with Gasteiger partial charge >= 0.3 is 12.1 Å². The zero-order valence-corrected chi connectivity index (χ0v) is 13.5. The number of carboxylic acids is 1. The first kappa shape index (κ1) is 17.5. The second-order valence-corrected chi connectivity index (χ2v) is 5.58. The highest BCUT2D eigenvalue weighted by Gasteiger charge is 2.22. The molecular weight excluding hydrogens is 312 g/mol. The lowest BCUT2D eigenvalue weighted by molar-refractivity contribution is -0.139. The smallest absolute Gasteiger partial charge is 0.408 e. The van der Waals surface area contributed by atoms with Crippen molar-refractivity contribution >= 4 is 12.1 Å². The number of benzene rings is 1. The van der Waals surface area contributed by atoms with Gasteiger partial charge in [-0.1, -0.05) is 44.2 Å². The SMILES string of the molecule is CC(C)c1ncn(CC(NC(=O)OCc2ccccc2)C(=O)O)n1. The molecule has 128 valence electrons. The molecule has 2 rings (SSSR count). The average molecular weight is 332 g/mol. The van der Waals surface area contributed by atoms with Crippen molar-refractivity contribution in [2.75, 3.05) is 0 Å². The molecule has 1 aromatic heterocycles. The fraction of sp³-hybridized carbons (Fsp3) is 0.375. The summed E-state index contributed by atoms with van der Waals surface area (Å²) in [6, 6.07) is 7.97. The van der Waals surface area contributed by atoms with Crippen molar-refractivity contribution in [3.63, 3.8) is 0 Å². The molecule has 8 heteroatoms. The van der Waals surface area contributed by atoms with Crippen LogP contribution in [0, 0.1) is 0 Å². The lowest BCUT2D eigenvalue weighted by Crippen LogP contribution is -2.44. The van der Waals surface area contributed by atoms with E-state index in [0.29, 0.717) is 5.82 Å². The Morgan fingerprint density at radius 2 is 2.00 bits per heavy atom. The molecule has 0 spiro atoms. The highest BCUT2D eigenvalue weighted by atomic mass is 16.5. The second-order valence-electron chi connectivity index (χ2n) is 5.58. The minimum Gasteiger partial charge on any atom is -0.480 e. The normalized spacial score (nSPS) is 12.0. The van der Waals surface area contributed by atoms with Crippen LogP contribution in [0.2, 0.25) is 0 Å². The van der Waals surface area contributed by atoms with E-state index < -0.39 is 18.1 Å². The highest BCUT2D eigenvalue weighted by Crippen LogP contribution is 2.07. The van der Waals surface area contributed by atoms with Crippen molar-refractivity contribution in [3.05, 3.63) is 48.0 Å². The quantitative estimate of drug-likeness (QED) is 0.800. The molecule has 0 aliphatic carbocycles. The van der Waals surface area contributed by atoms with Crippen LogP contribution in [0.15, 0.2) is 36.7 Å². The number of nitrogens with zero attached hydrogens (tertiary/aromatic N) is 3. The molecular formula is C16H20N4O4. The molecule has 1 amide bonds. The summed E-state index contributed by atoms with van der Waals surface area (Å²) in [5, 5.41) is 15.8. The Labute approximate surface area is 139 Å². The molecule has 1 unspecified atom stereocenters. The van der Waals surface area contributed by atoms with Gasteiger partial charge < -0.3 is 15.2 Å². The zero-order valence-electron chi connectivity index (χ0n) is 13.5. The summed E-state index contributed by atoms with van der Waals surface area (Å²) in [6.07, 6.45) is 0.651. The van der Waals surface area contributed by atoms with Crippen LogP contribution in [0.3, 0.4) is 0 Å². The van der Waals surface area contributed by atoms with Crippen LogP contribution in [0.1, 0.15) is 31.2 Å². The van der Waals surface area contributed by atoms with E-state index in [0.717, 1.165) is 5.56 Å². The van der Waals surface area contributed by atoms with Gasteiger partial charge in [0.25, 0.3) is 0 Å². The highest BCUT2D eigenvalue weighted by molar-refractivity contribution is 5.79. The Bertz CT molecular complexity index is 684. The van der Waals surface area contributed by atoms with E-state index in [1.54, 1.807) is 0 Å². The Balaban J connectivity index is 1.90. The number of carbonyl (C=O) groups is 2. The average Bonchev–Trinajstić information content (AvgIpc) is 3.02. The fourth-order valence-electron chi connectivity index (χ4n) is 1.94. The molecule has 1 heterocycles. The Kier molecular flexibility index (Phi) is 5.89. The van der Waals surface area contributed by atoms with E-state index in [1.807, 2.05) is 44.2 Å². The largest absolute Gasteiger partial charge is 0.480 e. The molecule has 0 aliphatic rings. The van der Waals surface area contributed by atoms with Gasteiger partial charge in [-0.05, 0) is 5.56 Å². The van der Waals surface area contributed by atoms with Gasteiger partial charge in [-0.2, -0.15) is 5.10 Å². The van der Waals surface area contributed by atoms with Crippen LogP contribution in [-0.2, 0) is 22.7 Å². The maximum atomic E-state index is 11.8. The van der Waals surface area contributed by atoms with Gasteiger partial charge in [0.15, 0.2) is 5.82 Å². The number of nitrogens with one attached hydrogen (secondary N) is 1. The number of ether oxygens (including phenoxy) is 1. The monoisotopic (exact) mass is 332 g/mol. The number of hydrogen-bond donors (Lipinski definition) is 2. The van der Waals surface area contributed by atoms with Crippen molar-refractivity contribution in [1.29, 1.82) is 0 Å². The third-order valence-electron chi connectivity index (χ3n) is 3.24. The number of aliphatic carboxylic acids is 1. The van der Waals surface area contributed by atoms with E-state index in [2.05, 4.69) is 15.4 Å². The fourth-order valence-corrected chi connectivity index (χ4v) is 1.94. The molecule has 2 N–H and O–H groups in total. The van der Waals surface area contributed by atoms with Gasteiger partial charge in [0, 0.05) is 5.92 Å². The summed E-state index contributed by atoms with van der Waals surface area (Å²) < 4.78 is 6.43. The minimum absolute atomic E-state index is 0.0323. The minimum atomic E-state index is -1.17. The predicted molar refractivity (Wildman–Crippen MR) is 85.3 cm³/mol. The standard InChI is InChI=1S/C16H20N4O4/c1-11(2)14-17-10-20(19-14)8-13(15(21)22)18-16(23)24-9-12-6-4-3-5-7-12/h3-7,10-11,13H,8-9H2,1-2H3,(H,18,23)(H,21,22). The van der Waals surface area contributed by atoms with Crippen molar-refractivity contribution in [2.45, 2.75) is 39.0 Å². The first-order valence-electron chi connectivity index (χ1n) is 7.55. The number of alkyl carbamates (subject to hydrolysis) is 1. The Morgan fingerprint density at radius 3 is 2.58 bits per heavy atom. The molecule has 0 bridgehead atoms. The molecule has 1 aromatic carbocycles. The van der Waals surface area contributed by atoms with Crippen LogP contribution in [0.25, 0.3) is 0 Å². The Morgan fingerprint density at radius 1 is 1.29 bits per heavy atom. The first-order chi connectivity index (χ1) is 11.5. The van der Waals surface area contributed by atoms with Gasteiger partial charge in [0.2, 0.25) is 0 Å². The lowest BCUT2D eigenvalue weighted by Gasteiger charge is -2.14. The van der Waals surface area contributed by atoms with Crippen LogP contribution in [0.5, 0.6) is 0 Å². The van der Waals surface area contributed by atoms with Gasteiger partial charge in [0.05, 0.1) is 6.54 Å². The molecule has 8 nitrogen and oxygen atoms in total.